The van der Waals surface area contributed by atoms with E-state index in [0.717, 1.165) is 66.7 Å². The van der Waals surface area contributed by atoms with E-state index < -0.39 is 0 Å². The van der Waals surface area contributed by atoms with Crippen molar-refractivity contribution in [1.82, 2.24) is 30.0 Å². The van der Waals surface area contributed by atoms with Crippen LogP contribution in [0.1, 0.15) is 34.1 Å². The third-order valence-electron chi connectivity index (χ3n) is 7.17. The van der Waals surface area contributed by atoms with Gasteiger partial charge in [-0.1, -0.05) is 72.8 Å². The molecule has 8 nitrogen and oxygen atoms in total. The topological polar surface area (TPSA) is 79.5 Å². The number of aliphatic hydroxyl groups is 1. The first-order chi connectivity index (χ1) is 19.1. The number of tetrazole rings is 1. The summed E-state index contributed by atoms with van der Waals surface area (Å²) >= 11 is 0. The van der Waals surface area contributed by atoms with Crippen LogP contribution in [0.2, 0.25) is 0 Å². The van der Waals surface area contributed by atoms with Crippen molar-refractivity contribution in [2.45, 2.75) is 19.9 Å². The first-order valence-corrected chi connectivity index (χ1v) is 13.5. The number of rotatable bonds is 10. The number of nitrogens with zero attached hydrogens (tertiary/aromatic N) is 6. The van der Waals surface area contributed by atoms with E-state index >= 15 is 0 Å². The van der Waals surface area contributed by atoms with Crippen LogP contribution in [0.3, 0.4) is 0 Å². The lowest BCUT2D eigenvalue weighted by Crippen LogP contribution is -2.48. The Bertz CT molecular complexity index is 1360. The quantitative estimate of drug-likeness (QED) is 0.335. The lowest BCUT2D eigenvalue weighted by Gasteiger charge is -2.38. The Balaban J connectivity index is 1.41. The van der Waals surface area contributed by atoms with E-state index in [1.54, 1.807) is 0 Å². The van der Waals surface area contributed by atoms with Crippen LogP contribution < -0.4 is 4.74 Å². The fourth-order valence-corrected chi connectivity index (χ4v) is 5.23. The van der Waals surface area contributed by atoms with Crippen molar-refractivity contribution in [3.8, 4) is 11.4 Å². The first kappa shape index (κ1) is 26.7. The van der Waals surface area contributed by atoms with Crippen molar-refractivity contribution in [3.05, 3.63) is 107 Å². The van der Waals surface area contributed by atoms with Crippen molar-refractivity contribution in [2.75, 3.05) is 45.9 Å². The molecule has 2 heterocycles. The van der Waals surface area contributed by atoms with Crippen LogP contribution in [0, 0.1) is 13.8 Å². The molecule has 39 heavy (non-hydrogen) atoms. The van der Waals surface area contributed by atoms with E-state index in [1.807, 2.05) is 28.9 Å². The molecule has 1 saturated heterocycles. The number of piperazine rings is 1. The monoisotopic (exact) mass is 524 g/mol. The van der Waals surface area contributed by atoms with Gasteiger partial charge in [0, 0.05) is 32.7 Å². The number of hydrogen-bond acceptors (Lipinski definition) is 7. The lowest BCUT2D eigenvalue weighted by molar-refractivity contribution is 0.113. The predicted octanol–water partition coefficient (Wildman–Crippen LogP) is 4.07. The molecule has 4 aromatic rings. The number of aliphatic hydroxyl groups excluding tert-OH is 1. The van der Waals surface area contributed by atoms with Crippen molar-refractivity contribution < 1.29 is 9.84 Å². The molecule has 0 radical (unpaired) electrons. The second kappa shape index (κ2) is 12.8. The maximum absolute atomic E-state index is 9.25. The van der Waals surface area contributed by atoms with Gasteiger partial charge in [0.05, 0.1) is 18.3 Å². The van der Waals surface area contributed by atoms with E-state index in [-0.39, 0.29) is 19.3 Å². The highest BCUT2D eigenvalue weighted by molar-refractivity contribution is 5.49. The van der Waals surface area contributed by atoms with Crippen LogP contribution in [0.15, 0.2) is 78.9 Å². The predicted molar refractivity (Wildman–Crippen MR) is 153 cm³/mol. The largest absolute Gasteiger partial charge is 0.491 e. The van der Waals surface area contributed by atoms with Crippen LogP contribution >= 0.6 is 0 Å². The van der Waals surface area contributed by atoms with E-state index in [4.69, 9.17) is 4.74 Å². The van der Waals surface area contributed by atoms with Gasteiger partial charge in [0.2, 0.25) is 0 Å². The SMILES string of the molecule is Cc1cccc(C)c1-n1nnnc1C(c1cccc(OCCO)c1)N1CCN(C/C=C/c2ccccc2)CC1. The second-order valence-corrected chi connectivity index (χ2v) is 9.89. The van der Waals surface area contributed by atoms with Gasteiger partial charge < -0.3 is 9.84 Å². The molecule has 1 N–H and O–H groups in total. The van der Waals surface area contributed by atoms with Crippen molar-refractivity contribution in [2.24, 2.45) is 0 Å². The highest BCUT2D eigenvalue weighted by atomic mass is 16.5. The second-order valence-electron chi connectivity index (χ2n) is 9.89. The van der Waals surface area contributed by atoms with Crippen molar-refractivity contribution in [1.29, 1.82) is 0 Å². The highest BCUT2D eigenvalue weighted by Crippen LogP contribution is 2.32. The standard InChI is InChI=1S/C31H36N6O2/c1-24-9-6-10-25(2)29(24)37-31(32-33-34-37)30(27-14-7-15-28(23-27)39-22-21-38)36-19-17-35(18-20-36)16-8-13-26-11-4-3-5-12-26/h3-15,23,30,38H,16-22H2,1-2H3/b13-8+. The number of ether oxygens (including phenoxy) is 1. The molecule has 0 spiro atoms. The molecular weight excluding hydrogens is 488 g/mol. The molecule has 0 amide bonds. The average Bonchev–Trinajstić information content (AvgIpc) is 3.42. The molecule has 0 aliphatic carbocycles. The summed E-state index contributed by atoms with van der Waals surface area (Å²) in [5.41, 5.74) is 5.54. The van der Waals surface area contributed by atoms with E-state index in [9.17, 15) is 5.11 Å². The number of aryl methyl sites for hydroxylation is 2. The van der Waals surface area contributed by atoms with Gasteiger partial charge in [0.1, 0.15) is 12.4 Å². The summed E-state index contributed by atoms with van der Waals surface area (Å²) in [6.07, 6.45) is 4.43. The minimum absolute atomic E-state index is 0.0286. The first-order valence-electron chi connectivity index (χ1n) is 13.5. The highest BCUT2D eigenvalue weighted by Gasteiger charge is 2.31. The van der Waals surface area contributed by atoms with Crippen LogP contribution in [0.25, 0.3) is 11.8 Å². The Kier molecular flexibility index (Phi) is 8.78. The van der Waals surface area contributed by atoms with Gasteiger partial charge >= 0.3 is 0 Å². The van der Waals surface area contributed by atoms with Crippen LogP contribution in [0.5, 0.6) is 5.75 Å². The number of aromatic nitrogens is 4. The van der Waals surface area contributed by atoms with Gasteiger partial charge in [-0.2, -0.15) is 4.68 Å². The minimum Gasteiger partial charge on any atom is -0.491 e. The fourth-order valence-electron chi connectivity index (χ4n) is 5.23. The third-order valence-corrected chi connectivity index (χ3v) is 7.17. The molecule has 202 valence electrons. The molecule has 8 heteroatoms. The van der Waals surface area contributed by atoms with Crippen LogP contribution in [0.4, 0.5) is 0 Å². The fraction of sp³-hybridized carbons (Fsp3) is 0.323. The molecule has 3 aromatic carbocycles. The average molecular weight is 525 g/mol. The van der Waals surface area contributed by atoms with Crippen LogP contribution in [-0.2, 0) is 0 Å². The maximum atomic E-state index is 9.25. The van der Waals surface area contributed by atoms with Crippen molar-refractivity contribution >= 4 is 6.08 Å². The molecule has 1 aliphatic rings. The number of benzene rings is 3. The maximum Gasteiger partial charge on any atom is 0.178 e. The van der Waals surface area contributed by atoms with Gasteiger partial charge in [-0.05, 0) is 58.7 Å². The van der Waals surface area contributed by atoms with E-state index in [1.165, 1.54) is 5.56 Å². The third kappa shape index (κ3) is 6.42. The van der Waals surface area contributed by atoms with E-state index in [0.29, 0.717) is 0 Å². The van der Waals surface area contributed by atoms with Crippen LogP contribution in [-0.4, -0.2) is 81.1 Å². The summed E-state index contributed by atoms with van der Waals surface area (Å²) < 4.78 is 7.65. The molecular formula is C31H36N6O2. The Morgan fingerprint density at radius 2 is 1.67 bits per heavy atom. The summed E-state index contributed by atoms with van der Waals surface area (Å²) in [5, 5.41) is 22.4. The summed E-state index contributed by atoms with van der Waals surface area (Å²) in [6.45, 7) is 8.97. The summed E-state index contributed by atoms with van der Waals surface area (Å²) in [5.74, 6) is 1.51. The zero-order chi connectivity index (χ0) is 27.0. The Morgan fingerprint density at radius 1 is 0.923 bits per heavy atom. The van der Waals surface area contributed by atoms with Crippen molar-refractivity contribution in [3.63, 3.8) is 0 Å². The molecule has 1 aromatic heterocycles. The Labute approximate surface area is 230 Å². The zero-order valence-electron chi connectivity index (χ0n) is 22.6. The normalized spacial score (nSPS) is 15.6. The smallest absolute Gasteiger partial charge is 0.178 e. The Morgan fingerprint density at radius 3 is 2.41 bits per heavy atom. The molecule has 1 unspecified atom stereocenters. The number of para-hydroxylation sites is 1. The summed E-state index contributed by atoms with van der Waals surface area (Å²) in [7, 11) is 0. The van der Waals surface area contributed by atoms with Gasteiger partial charge in [-0.3, -0.25) is 9.80 Å². The van der Waals surface area contributed by atoms with E-state index in [2.05, 4.69) is 99.9 Å². The molecule has 5 rings (SSSR count). The molecule has 1 aliphatic heterocycles. The molecule has 1 atom stereocenters. The molecule has 1 fully saturated rings. The van der Waals surface area contributed by atoms with Gasteiger partial charge in [0.15, 0.2) is 5.82 Å². The molecule has 0 bridgehead atoms. The van der Waals surface area contributed by atoms with Gasteiger partial charge in [-0.25, -0.2) is 0 Å². The number of hydrogen-bond donors (Lipinski definition) is 1. The zero-order valence-corrected chi connectivity index (χ0v) is 22.6. The lowest BCUT2D eigenvalue weighted by atomic mass is 10.0. The summed E-state index contributed by atoms with van der Waals surface area (Å²) in [6, 6.07) is 24.6. The molecule has 0 saturated carbocycles. The van der Waals surface area contributed by atoms with Gasteiger partial charge in [0.25, 0.3) is 0 Å². The summed E-state index contributed by atoms with van der Waals surface area (Å²) in [4.78, 5) is 4.93. The van der Waals surface area contributed by atoms with Gasteiger partial charge in [-0.15, -0.1) is 5.10 Å². The minimum atomic E-state index is -0.154. The Hall–Kier alpha value is -3.85.